The first kappa shape index (κ1) is 14.3. The summed E-state index contributed by atoms with van der Waals surface area (Å²) < 4.78 is 28.4. The van der Waals surface area contributed by atoms with Crippen LogP contribution in [0.4, 0.5) is 5.82 Å². The zero-order valence-electron chi connectivity index (χ0n) is 11.2. The van der Waals surface area contributed by atoms with Gasteiger partial charge >= 0.3 is 0 Å². The molecule has 0 aliphatic rings. The van der Waals surface area contributed by atoms with Crippen LogP contribution in [0, 0.1) is 0 Å². The highest BCUT2D eigenvalue weighted by molar-refractivity contribution is 7.90. The Morgan fingerprint density at radius 3 is 2.65 bits per heavy atom. The van der Waals surface area contributed by atoms with Gasteiger partial charge in [-0.3, -0.25) is 4.98 Å². The fourth-order valence-corrected chi connectivity index (χ4v) is 2.17. The number of benzene rings is 1. The summed E-state index contributed by atoms with van der Waals surface area (Å²) in [5.74, 6) is 1.15. The molecule has 2 rings (SSSR count). The Morgan fingerprint density at radius 1 is 1.25 bits per heavy atom. The summed E-state index contributed by atoms with van der Waals surface area (Å²) in [6.45, 7) is 0.226. The van der Waals surface area contributed by atoms with Crippen LogP contribution in [0.1, 0.15) is 5.69 Å². The van der Waals surface area contributed by atoms with Gasteiger partial charge in [0.05, 0.1) is 23.0 Å². The van der Waals surface area contributed by atoms with Crippen LogP contribution in [0.5, 0.6) is 5.75 Å². The lowest BCUT2D eigenvalue weighted by Crippen LogP contribution is -2.02. The molecule has 1 N–H and O–H groups in total. The predicted octanol–water partition coefficient (Wildman–Crippen LogP) is 1.50. The number of ether oxygens (including phenoxy) is 1. The van der Waals surface area contributed by atoms with Gasteiger partial charge in [0.25, 0.3) is 0 Å². The maximum Gasteiger partial charge on any atom is 0.175 e. The molecule has 1 heterocycles. The Labute approximate surface area is 117 Å². The molecule has 0 saturated carbocycles. The van der Waals surface area contributed by atoms with Gasteiger partial charge in [0.1, 0.15) is 18.2 Å². The standard InChI is InChI=1S/C13H15N3O3S/c1-14-13-8-15-10(7-16-13)9-19-11-4-3-5-12(6-11)20(2,17)18/h3-8H,9H2,1-2H3,(H,14,16). The van der Waals surface area contributed by atoms with Gasteiger partial charge in [-0.15, -0.1) is 0 Å². The average molecular weight is 293 g/mol. The molecular weight excluding hydrogens is 278 g/mol. The third-order valence-electron chi connectivity index (χ3n) is 2.58. The summed E-state index contributed by atoms with van der Waals surface area (Å²) in [7, 11) is -1.47. The van der Waals surface area contributed by atoms with E-state index in [1.54, 1.807) is 31.6 Å². The monoisotopic (exact) mass is 293 g/mol. The number of sulfone groups is 1. The zero-order valence-corrected chi connectivity index (χ0v) is 12.0. The summed E-state index contributed by atoms with van der Waals surface area (Å²) in [6, 6.07) is 6.36. The molecular formula is C13H15N3O3S. The number of hydrogen-bond acceptors (Lipinski definition) is 6. The topological polar surface area (TPSA) is 81.2 Å². The number of nitrogens with one attached hydrogen (secondary N) is 1. The second-order valence-corrected chi connectivity index (χ2v) is 6.19. The van der Waals surface area contributed by atoms with E-state index in [0.717, 1.165) is 6.26 Å². The van der Waals surface area contributed by atoms with E-state index in [1.807, 2.05) is 0 Å². The van der Waals surface area contributed by atoms with Crippen molar-refractivity contribution in [3.63, 3.8) is 0 Å². The first-order chi connectivity index (χ1) is 9.49. The molecule has 1 aromatic heterocycles. The summed E-state index contributed by atoms with van der Waals surface area (Å²) >= 11 is 0. The highest BCUT2D eigenvalue weighted by atomic mass is 32.2. The summed E-state index contributed by atoms with van der Waals surface area (Å²) in [5, 5.41) is 2.87. The van der Waals surface area contributed by atoms with Crippen molar-refractivity contribution in [2.24, 2.45) is 0 Å². The van der Waals surface area contributed by atoms with Crippen molar-refractivity contribution in [2.45, 2.75) is 11.5 Å². The van der Waals surface area contributed by atoms with E-state index in [1.165, 1.54) is 12.1 Å². The van der Waals surface area contributed by atoms with Crippen molar-refractivity contribution in [3.05, 3.63) is 42.4 Å². The molecule has 20 heavy (non-hydrogen) atoms. The van der Waals surface area contributed by atoms with Gasteiger partial charge in [-0.05, 0) is 18.2 Å². The van der Waals surface area contributed by atoms with E-state index in [9.17, 15) is 8.42 Å². The van der Waals surface area contributed by atoms with Crippen LogP contribution in [0.15, 0.2) is 41.6 Å². The third kappa shape index (κ3) is 3.67. The van der Waals surface area contributed by atoms with Crippen molar-refractivity contribution < 1.29 is 13.2 Å². The van der Waals surface area contributed by atoms with E-state index < -0.39 is 9.84 Å². The molecule has 0 spiro atoms. The molecule has 0 aliphatic heterocycles. The molecule has 0 fully saturated rings. The summed E-state index contributed by atoms with van der Waals surface area (Å²) in [4.78, 5) is 8.51. The fraction of sp³-hybridized carbons (Fsp3) is 0.231. The lowest BCUT2D eigenvalue weighted by atomic mass is 10.3. The van der Waals surface area contributed by atoms with Crippen LogP contribution >= 0.6 is 0 Å². The summed E-state index contributed by atoms with van der Waals surface area (Å²) in [6.07, 6.45) is 4.37. The fourth-order valence-electron chi connectivity index (χ4n) is 1.51. The first-order valence-electron chi connectivity index (χ1n) is 5.90. The molecule has 0 saturated heterocycles. The highest BCUT2D eigenvalue weighted by Crippen LogP contribution is 2.18. The van der Waals surface area contributed by atoms with Crippen LogP contribution in [-0.4, -0.2) is 31.7 Å². The maximum absolute atomic E-state index is 11.4. The summed E-state index contributed by atoms with van der Waals surface area (Å²) in [5.41, 5.74) is 0.661. The average Bonchev–Trinajstić information content (AvgIpc) is 2.45. The van der Waals surface area contributed by atoms with Crippen LogP contribution in [0.2, 0.25) is 0 Å². The minimum atomic E-state index is -3.23. The second kappa shape index (κ2) is 5.87. The predicted molar refractivity (Wildman–Crippen MR) is 75.5 cm³/mol. The number of nitrogens with zero attached hydrogens (tertiary/aromatic N) is 2. The smallest absolute Gasteiger partial charge is 0.175 e. The quantitative estimate of drug-likeness (QED) is 0.899. The largest absolute Gasteiger partial charge is 0.487 e. The van der Waals surface area contributed by atoms with Gasteiger partial charge in [-0.25, -0.2) is 13.4 Å². The van der Waals surface area contributed by atoms with Crippen molar-refractivity contribution in [3.8, 4) is 5.75 Å². The van der Waals surface area contributed by atoms with Crippen LogP contribution in [-0.2, 0) is 16.4 Å². The van der Waals surface area contributed by atoms with Gasteiger partial charge in [-0.2, -0.15) is 0 Å². The first-order valence-corrected chi connectivity index (χ1v) is 7.80. The molecule has 0 aliphatic carbocycles. The van der Waals surface area contributed by atoms with Crippen LogP contribution in [0.25, 0.3) is 0 Å². The Balaban J connectivity index is 2.07. The Kier molecular flexibility index (Phi) is 4.19. The lowest BCUT2D eigenvalue weighted by molar-refractivity contribution is 0.300. The van der Waals surface area contributed by atoms with Gasteiger partial charge in [0.15, 0.2) is 9.84 Å². The zero-order chi connectivity index (χ0) is 14.6. The van der Waals surface area contributed by atoms with Gasteiger partial charge < -0.3 is 10.1 Å². The van der Waals surface area contributed by atoms with E-state index in [0.29, 0.717) is 17.3 Å². The molecule has 0 unspecified atom stereocenters. The van der Waals surface area contributed by atoms with E-state index in [2.05, 4.69) is 15.3 Å². The Morgan fingerprint density at radius 2 is 2.05 bits per heavy atom. The molecule has 106 valence electrons. The van der Waals surface area contributed by atoms with Gasteiger partial charge in [0.2, 0.25) is 0 Å². The van der Waals surface area contributed by atoms with Crippen molar-refractivity contribution in [2.75, 3.05) is 18.6 Å². The molecule has 0 atom stereocenters. The minimum absolute atomic E-state index is 0.226. The molecule has 2 aromatic rings. The van der Waals surface area contributed by atoms with Crippen LogP contribution in [0.3, 0.4) is 0 Å². The number of anilines is 1. The number of aromatic nitrogens is 2. The molecule has 1 aromatic carbocycles. The maximum atomic E-state index is 11.4. The van der Waals surface area contributed by atoms with Gasteiger partial charge in [0, 0.05) is 13.3 Å². The number of rotatable bonds is 5. The molecule has 0 bridgehead atoms. The molecule has 0 amide bonds. The van der Waals surface area contributed by atoms with Crippen molar-refractivity contribution in [1.29, 1.82) is 0 Å². The minimum Gasteiger partial charge on any atom is -0.487 e. The normalized spacial score (nSPS) is 11.1. The van der Waals surface area contributed by atoms with E-state index >= 15 is 0 Å². The molecule has 6 nitrogen and oxygen atoms in total. The Hall–Kier alpha value is -2.15. The SMILES string of the molecule is CNc1cnc(COc2cccc(S(C)(=O)=O)c2)cn1. The number of hydrogen-bond donors (Lipinski definition) is 1. The van der Waals surface area contributed by atoms with Crippen molar-refractivity contribution >= 4 is 15.7 Å². The Bertz CT molecular complexity index is 684. The van der Waals surface area contributed by atoms with Gasteiger partial charge in [-0.1, -0.05) is 6.07 Å². The molecule has 0 radical (unpaired) electrons. The lowest BCUT2D eigenvalue weighted by Gasteiger charge is -2.07. The second-order valence-electron chi connectivity index (χ2n) is 4.18. The van der Waals surface area contributed by atoms with E-state index in [-0.39, 0.29) is 11.5 Å². The van der Waals surface area contributed by atoms with E-state index in [4.69, 9.17) is 4.74 Å². The van der Waals surface area contributed by atoms with Crippen LogP contribution < -0.4 is 10.1 Å². The molecule has 7 heteroatoms. The highest BCUT2D eigenvalue weighted by Gasteiger charge is 2.08. The van der Waals surface area contributed by atoms with Crippen molar-refractivity contribution in [1.82, 2.24) is 9.97 Å². The third-order valence-corrected chi connectivity index (χ3v) is 3.69.